The van der Waals surface area contributed by atoms with Crippen LogP contribution in [-0.4, -0.2) is 17.0 Å². The third kappa shape index (κ3) is 2.14. The van der Waals surface area contributed by atoms with E-state index in [1.54, 1.807) is 0 Å². The molecular weight excluding hydrogens is 298 g/mol. The number of carbonyl (C=O) groups is 1. The molecule has 1 aromatic rings. The van der Waals surface area contributed by atoms with Gasteiger partial charge in [0, 0.05) is 4.47 Å². The molecule has 1 saturated carbocycles. The maximum atomic E-state index is 13.7. The molecule has 0 heterocycles. The summed E-state index contributed by atoms with van der Waals surface area (Å²) in [6, 6.07) is 2.83. The number of carbonyl (C=O) groups excluding carboxylic acids is 1. The lowest BCUT2D eigenvalue weighted by atomic mass is 10.0. The zero-order valence-electron chi connectivity index (χ0n) is 8.21. The van der Waals surface area contributed by atoms with Gasteiger partial charge >= 0.3 is 0 Å². The van der Waals surface area contributed by atoms with Crippen molar-refractivity contribution in [3.8, 4) is 0 Å². The Bertz CT molecular complexity index is 446. The van der Waals surface area contributed by atoms with Gasteiger partial charge in [0.25, 0.3) is 0 Å². The highest BCUT2D eigenvalue weighted by molar-refractivity contribution is 9.10. The van der Waals surface area contributed by atoms with Gasteiger partial charge in [0.15, 0.2) is 11.6 Å². The SMILES string of the molecule is O=C(c1ccc(Br)c(Cl)c1F)C(O)C1CC1. The number of ketones is 1. The lowest BCUT2D eigenvalue weighted by Crippen LogP contribution is -2.23. The molecule has 0 saturated heterocycles. The number of aliphatic hydroxyl groups excluding tert-OH is 1. The van der Waals surface area contributed by atoms with Gasteiger partial charge in [-0.1, -0.05) is 11.6 Å². The Balaban J connectivity index is 2.33. The molecule has 0 aliphatic heterocycles. The third-order valence-electron chi connectivity index (χ3n) is 2.64. The lowest BCUT2D eigenvalue weighted by Gasteiger charge is -2.10. The Morgan fingerprint density at radius 2 is 2.19 bits per heavy atom. The van der Waals surface area contributed by atoms with E-state index < -0.39 is 17.7 Å². The van der Waals surface area contributed by atoms with Crippen LogP contribution in [-0.2, 0) is 0 Å². The fourth-order valence-corrected chi connectivity index (χ4v) is 1.97. The minimum absolute atomic E-state index is 0.0191. The topological polar surface area (TPSA) is 37.3 Å². The van der Waals surface area contributed by atoms with Crippen LogP contribution in [0.2, 0.25) is 5.02 Å². The van der Waals surface area contributed by atoms with Crippen molar-refractivity contribution < 1.29 is 14.3 Å². The summed E-state index contributed by atoms with van der Waals surface area (Å²) in [4.78, 5) is 11.7. The van der Waals surface area contributed by atoms with Gasteiger partial charge < -0.3 is 5.11 Å². The highest BCUT2D eigenvalue weighted by atomic mass is 79.9. The summed E-state index contributed by atoms with van der Waals surface area (Å²) in [5.41, 5.74) is -0.146. The van der Waals surface area contributed by atoms with Crippen LogP contribution in [0.4, 0.5) is 4.39 Å². The number of aliphatic hydroxyl groups is 1. The van der Waals surface area contributed by atoms with Crippen molar-refractivity contribution in [2.24, 2.45) is 5.92 Å². The van der Waals surface area contributed by atoms with Gasteiger partial charge in [-0.25, -0.2) is 4.39 Å². The highest BCUT2D eigenvalue weighted by Gasteiger charge is 2.36. The van der Waals surface area contributed by atoms with Crippen molar-refractivity contribution in [2.45, 2.75) is 18.9 Å². The molecule has 0 spiro atoms. The first-order valence-corrected chi connectivity index (χ1v) is 6.05. The number of halogens is 3. The zero-order valence-corrected chi connectivity index (χ0v) is 10.6. The summed E-state index contributed by atoms with van der Waals surface area (Å²) < 4.78 is 14.1. The van der Waals surface area contributed by atoms with Crippen molar-refractivity contribution in [3.05, 3.63) is 33.0 Å². The van der Waals surface area contributed by atoms with E-state index in [2.05, 4.69) is 15.9 Å². The largest absolute Gasteiger partial charge is 0.385 e. The second kappa shape index (κ2) is 4.43. The maximum absolute atomic E-state index is 13.7. The predicted octanol–water partition coefficient (Wildman–Crippen LogP) is 3.20. The molecule has 1 fully saturated rings. The van der Waals surface area contributed by atoms with Gasteiger partial charge in [-0.2, -0.15) is 0 Å². The minimum Gasteiger partial charge on any atom is -0.385 e. The smallest absolute Gasteiger partial charge is 0.194 e. The Morgan fingerprint density at radius 1 is 1.56 bits per heavy atom. The number of Topliss-reactive ketones (excluding diaryl/α,β-unsaturated/α-hetero) is 1. The Kier molecular flexibility index (Phi) is 3.33. The van der Waals surface area contributed by atoms with E-state index in [0.717, 1.165) is 12.8 Å². The molecule has 1 atom stereocenters. The van der Waals surface area contributed by atoms with E-state index in [1.807, 2.05) is 0 Å². The molecule has 0 amide bonds. The van der Waals surface area contributed by atoms with E-state index in [0.29, 0.717) is 4.47 Å². The number of rotatable bonds is 3. The molecule has 2 rings (SSSR count). The number of hydrogen-bond donors (Lipinski definition) is 1. The van der Waals surface area contributed by atoms with E-state index in [9.17, 15) is 14.3 Å². The summed E-state index contributed by atoms with van der Waals surface area (Å²) in [6.07, 6.45) is 0.532. The van der Waals surface area contributed by atoms with Gasteiger partial charge in [-0.15, -0.1) is 0 Å². The molecule has 16 heavy (non-hydrogen) atoms. The lowest BCUT2D eigenvalue weighted by molar-refractivity contribution is 0.0699. The van der Waals surface area contributed by atoms with Crippen molar-refractivity contribution in [1.82, 2.24) is 0 Å². The molecule has 1 aliphatic rings. The molecule has 1 aromatic carbocycles. The molecular formula is C11H9BrClFO2. The summed E-state index contributed by atoms with van der Waals surface area (Å²) in [5, 5.41) is 9.49. The Labute approximate surface area is 106 Å². The van der Waals surface area contributed by atoms with Crippen LogP contribution in [0, 0.1) is 11.7 Å². The standard InChI is InChI=1S/C11H9BrClFO2/c12-7-4-3-6(9(14)8(7)13)11(16)10(15)5-1-2-5/h3-5,10,15H,1-2H2. The maximum Gasteiger partial charge on any atom is 0.194 e. The molecule has 5 heteroatoms. The van der Waals surface area contributed by atoms with Gasteiger partial charge in [-0.3, -0.25) is 4.79 Å². The first kappa shape index (κ1) is 12.0. The highest BCUT2D eigenvalue weighted by Crippen LogP contribution is 2.35. The molecule has 0 aromatic heterocycles. The van der Waals surface area contributed by atoms with Crippen LogP contribution in [0.3, 0.4) is 0 Å². The number of benzene rings is 1. The zero-order chi connectivity index (χ0) is 11.9. The Hall–Kier alpha value is -0.450. The van der Waals surface area contributed by atoms with Crippen LogP contribution in [0.1, 0.15) is 23.2 Å². The van der Waals surface area contributed by atoms with Gasteiger partial charge in [0.1, 0.15) is 6.10 Å². The molecule has 2 nitrogen and oxygen atoms in total. The van der Waals surface area contributed by atoms with E-state index in [1.165, 1.54) is 12.1 Å². The average molecular weight is 308 g/mol. The van der Waals surface area contributed by atoms with Gasteiger partial charge in [0.05, 0.1) is 10.6 Å². The van der Waals surface area contributed by atoms with Crippen LogP contribution >= 0.6 is 27.5 Å². The fourth-order valence-electron chi connectivity index (χ4n) is 1.50. The van der Waals surface area contributed by atoms with E-state index in [-0.39, 0.29) is 16.5 Å². The normalized spacial score (nSPS) is 17.2. The summed E-state index contributed by atoms with van der Waals surface area (Å²) in [6.45, 7) is 0. The number of hydrogen-bond acceptors (Lipinski definition) is 2. The van der Waals surface area contributed by atoms with Crippen molar-refractivity contribution in [1.29, 1.82) is 0 Å². The van der Waals surface area contributed by atoms with Crippen LogP contribution in [0.5, 0.6) is 0 Å². The summed E-state index contributed by atoms with van der Waals surface area (Å²) in [7, 11) is 0. The molecule has 1 aliphatic carbocycles. The quantitative estimate of drug-likeness (QED) is 0.688. The minimum atomic E-state index is -1.10. The van der Waals surface area contributed by atoms with E-state index in [4.69, 9.17) is 11.6 Å². The molecule has 1 N–H and O–H groups in total. The molecule has 86 valence electrons. The van der Waals surface area contributed by atoms with E-state index >= 15 is 0 Å². The molecule has 0 bridgehead atoms. The molecule has 1 unspecified atom stereocenters. The monoisotopic (exact) mass is 306 g/mol. The Morgan fingerprint density at radius 3 is 2.75 bits per heavy atom. The summed E-state index contributed by atoms with van der Waals surface area (Å²) >= 11 is 8.73. The first-order chi connectivity index (χ1) is 7.52. The molecule has 0 radical (unpaired) electrons. The van der Waals surface area contributed by atoms with Crippen molar-refractivity contribution in [2.75, 3.05) is 0 Å². The van der Waals surface area contributed by atoms with Crippen molar-refractivity contribution >= 4 is 33.3 Å². The third-order valence-corrected chi connectivity index (χ3v) is 3.90. The van der Waals surface area contributed by atoms with Crippen LogP contribution < -0.4 is 0 Å². The van der Waals surface area contributed by atoms with Crippen LogP contribution in [0.25, 0.3) is 0 Å². The second-order valence-corrected chi connectivity index (χ2v) is 5.10. The van der Waals surface area contributed by atoms with Crippen LogP contribution in [0.15, 0.2) is 16.6 Å². The van der Waals surface area contributed by atoms with Gasteiger partial charge in [-0.05, 0) is 46.8 Å². The summed E-state index contributed by atoms with van der Waals surface area (Å²) in [5.74, 6) is -1.38. The predicted molar refractivity (Wildman–Crippen MR) is 62.2 cm³/mol. The fraction of sp³-hybridized carbons (Fsp3) is 0.364. The first-order valence-electron chi connectivity index (χ1n) is 4.88. The second-order valence-electron chi connectivity index (χ2n) is 3.87. The van der Waals surface area contributed by atoms with Crippen molar-refractivity contribution in [3.63, 3.8) is 0 Å². The van der Waals surface area contributed by atoms with Gasteiger partial charge in [0.2, 0.25) is 0 Å². The average Bonchev–Trinajstić information content (AvgIpc) is 3.08.